The Balaban J connectivity index is 0. The average Bonchev–Trinajstić information content (AvgIpc) is 2.80. The van der Waals surface area contributed by atoms with Crippen LogP contribution in [0.25, 0.3) is 0 Å². The van der Waals surface area contributed by atoms with Crippen LogP contribution >= 0.6 is 7.60 Å². The van der Waals surface area contributed by atoms with E-state index in [1.807, 2.05) is 27.7 Å². The average molecular weight is 480 g/mol. The van der Waals surface area contributed by atoms with Crippen molar-refractivity contribution in [2.45, 2.75) is 59.5 Å². The Morgan fingerprint density at radius 3 is 1.94 bits per heavy atom. The molecule has 2 atom stereocenters. The molecular formula is C24H34NO7P. The van der Waals surface area contributed by atoms with Crippen LogP contribution in [0.4, 0.5) is 0 Å². The number of rotatable bonds is 11. The van der Waals surface area contributed by atoms with E-state index in [4.69, 9.17) is 14.0 Å². The lowest BCUT2D eigenvalue weighted by atomic mass is 10.3. The fourth-order valence-corrected chi connectivity index (χ4v) is 2.81. The van der Waals surface area contributed by atoms with E-state index < -0.39 is 32.2 Å². The Kier molecular flexibility index (Phi) is 22.1. The highest BCUT2D eigenvalue weighted by molar-refractivity contribution is 7.51. The van der Waals surface area contributed by atoms with Crippen molar-refractivity contribution in [2.24, 2.45) is 0 Å². The second-order valence-corrected chi connectivity index (χ2v) is 7.82. The molecule has 8 nitrogen and oxygen atoms in total. The van der Waals surface area contributed by atoms with Gasteiger partial charge in [-0.15, -0.1) is 0 Å². The van der Waals surface area contributed by atoms with Crippen LogP contribution in [0.2, 0.25) is 0 Å². The van der Waals surface area contributed by atoms with E-state index in [-0.39, 0.29) is 25.6 Å². The first-order valence-corrected chi connectivity index (χ1v) is 12.6. The molecule has 0 rings (SSSR count). The van der Waals surface area contributed by atoms with Crippen LogP contribution in [0.5, 0.6) is 0 Å². The van der Waals surface area contributed by atoms with Crippen LogP contribution in [0.1, 0.15) is 53.4 Å². The van der Waals surface area contributed by atoms with Gasteiger partial charge in [0.1, 0.15) is 27.0 Å². The molecule has 2 unspecified atom stereocenters. The Morgan fingerprint density at radius 1 is 0.909 bits per heavy atom. The second-order valence-electron chi connectivity index (χ2n) is 5.89. The highest BCUT2D eigenvalue weighted by atomic mass is 31.2. The highest BCUT2D eigenvalue weighted by Gasteiger charge is 2.20. The molecule has 0 aliphatic heterocycles. The molecule has 0 fully saturated rings. The van der Waals surface area contributed by atoms with Gasteiger partial charge in [0, 0.05) is 12.8 Å². The summed E-state index contributed by atoms with van der Waals surface area (Å²) in [5, 5.41) is 1.69. The first kappa shape index (κ1) is 32.5. The van der Waals surface area contributed by atoms with Crippen molar-refractivity contribution in [2.75, 3.05) is 33.0 Å². The molecule has 0 bridgehead atoms. The largest absolute Gasteiger partial charge is 0.778 e. The number of carbonyl (C=O) groups excluding carboxylic acids is 2. The van der Waals surface area contributed by atoms with Crippen molar-refractivity contribution >= 4 is 19.5 Å². The van der Waals surface area contributed by atoms with Crippen molar-refractivity contribution in [3.8, 4) is 47.4 Å². The van der Waals surface area contributed by atoms with Gasteiger partial charge in [0.15, 0.2) is 6.10 Å². The van der Waals surface area contributed by atoms with E-state index in [0.29, 0.717) is 19.4 Å². The van der Waals surface area contributed by atoms with E-state index in [9.17, 15) is 19.0 Å². The summed E-state index contributed by atoms with van der Waals surface area (Å²) >= 11 is 0. The molecule has 0 aliphatic carbocycles. The number of hydrogen-bond donors (Lipinski definition) is 1. The SMILES string of the molecule is CC.CCC#CC#CCC(=O)OCC(COP(=O)([O-])CC[NH2+]C)OC(=O)CC#CC#CCC. The molecule has 0 aromatic heterocycles. The minimum Gasteiger partial charge on any atom is -0.778 e. The molecule has 0 saturated heterocycles. The molecule has 9 heteroatoms. The van der Waals surface area contributed by atoms with Gasteiger partial charge < -0.3 is 28.8 Å². The zero-order chi connectivity index (χ0) is 25.4. The molecular weight excluding hydrogens is 445 g/mol. The lowest BCUT2D eigenvalue weighted by molar-refractivity contribution is -0.623. The smallest absolute Gasteiger partial charge is 0.318 e. The minimum absolute atomic E-state index is 0.181. The van der Waals surface area contributed by atoms with E-state index in [0.717, 1.165) is 0 Å². The molecule has 0 heterocycles. The fraction of sp³-hybridized carbons (Fsp3) is 0.583. The zero-order valence-electron chi connectivity index (χ0n) is 20.1. The van der Waals surface area contributed by atoms with Crippen LogP contribution < -0.4 is 10.2 Å². The Morgan fingerprint density at radius 2 is 1.42 bits per heavy atom. The van der Waals surface area contributed by atoms with E-state index >= 15 is 0 Å². The molecule has 33 heavy (non-hydrogen) atoms. The van der Waals surface area contributed by atoms with Crippen molar-refractivity contribution < 1.29 is 38.4 Å². The monoisotopic (exact) mass is 479 g/mol. The van der Waals surface area contributed by atoms with Crippen LogP contribution in [-0.4, -0.2) is 51.0 Å². The van der Waals surface area contributed by atoms with E-state index in [2.05, 4.69) is 47.4 Å². The van der Waals surface area contributed by atoms with Crippen molar-refractivity contribution in [3.63, 3.8) is 0 Å². The standard InChI is InChI=1S/C22H28NO7P.C2H6/c1-4-6-8-10-12-14-21(24)28-18-20(19-29-31(26,27)17-16-23-3)30-22(25)15-13-11-9-7-5-2;1-2/h20,23H,4-5,14-19H2,1-3H3,(H,26,27);1-2H3. The molecule has 182 valence electrons. The van der Waals surface area contributed by atoms with E-state index in [1.54, 1.807) is 12.4 Å². The minimum atomic E-state index is -4.11. The molecule has 0 spiro atoms. The summed E-state index contributed by atoms with van der Waals surface area (Å²) in [4.78, 5) is 35.6. The quantitative estimate of drug-likeness (QED) is 0.265. The number of carbonyl (C=O) groups is 2. The summed E-state index contributed by atoms with van der Waals surface area (Å²) in [6, 6.07) is 0. The van der Waals surface area contributed by atoms with Crippen LogP contribution in [0, 0.1) is 47.4 Å². The van der Waals surface area contributed by atoms with Gasteiger partial charge in [-0.3, -0.25) is 9.59 Å². The molecule has 0 amide bonds. The van der Waals surface area contributed by atoms with Crippen LogP contribution in [0.3, 0.4) is 0 Å². The zero-order valence-corrected chi connectivity index (χ0v) is 21.0. The molecule has 0 aromatic rings. The lowest BCUT2D eigenvalue weighted by Gasteiger charge is -2.25. The number of ether oxygens (including phenoxy) is 2. The molecule has 0 saturated carbocycles. The first-order chi connectivity index (χ1) is 15.8. The Hall–Kier alpha value is -2.71. The third-order valence-electron chi connectivity index (χ3n) is 3.17. The molecule has 0 aromatic carbocycles. The van der Waals surface area contributed by atoms with Gasteiger partial charge in [0.05, 0.1) is 26.4 Å². The predicted octanol–water partition coefficient (Wildman–Crippen LogP) is 0.845. The normalized spacial score (nSPS) is 11.5. The van der Waals surface area contributed by atoms with Gasteiger partial charge in [-0.05, 0) is 23.7 Å². The predicted molar refractivity (Wildman–Crippen MR) is 124 cm³/mol. The van der Waals surface area contributed by atoms with Gasteiger partial charge in [0.2, 0.25) is 0 Å². The summed E-state index contributed by atoms with van der Waals surface area (Å²) in [7, 11) is -2.38. The van der Waals surface area contributed by atoms with Crippen molar-refractivity contribution in [1.82, 2.24) is 0 Å². The van der Waals surface area contributed by atoms with Gasteiger partial charge in [-0.25, -0.2) is 0 Å². The third-order valence-corrected chi connectivity index (χ3v) is 4.52. The van der Waals surface area contributed by atoms with Crippen LogP contribution in [-0.2, 0) is 28.2 Å². The summed E-state index contributed by atoms with van der Waals surface area (Å²) in [6.07, 6.45) is -0.440. The molecule has 2 N–H and O–H groups in total. The number of hydrogen-bond acceptors (Lipinski definition) is 7. The number of esters is 2. The molecule has 0 aliphatic rings. The summed E-state index contributed by atoms with van der Waals surface area (Å²) in [6.45, 7) is 7.22. The lowest BCUT2D eigenvalue weighted by Crippen LogP contribution is -2.80. The number of quaternary nitrogens is 1. The Bertz CT molecular complexity index is 869. The first-order valence-electron chi connectivity index (χ1n) is 10.8. The summed E-state index contributed by atoms with van der Waals surface area (Å²) < 4.78 is 27.0. The number of nitrogens with two attached hydrogens (primary N) is 1. The summed E-state index contributed by atoms with van der Waals surface area (Å²) in [5.74, 6) is 19.3. The highest BCUT2D eigenvalue weighted by Crippen LogP contribution is 2.35. The van der Waals surface area contributed by atoms with Crippen LogP contribution in [0.15, 0.2) is 0 Å². The van der Waals surface area contributed by atoms with Gasteiger partial charge in [-0.2, -0.15) is 0 Å². The van der Waals surface area contributed by atoms with Gasteiger partial charge >= 0.3 is 11.9 Å². The topological polar surface area (TPSA) is 119 Å². The maximum atomic E-state index is 11.9. The van der Waals surface area contributed by atoms with Crippen molar-refractivity contribution in [1.29, 1.82) is 0 Å². The summed E-state index contributed by atoms with van der Waals surface area (Å²) in [5.41, 5.74) is 0. The Labute approximate surface area is 198 Å². The maximum Gasteiger partial charge on any atom is 0.318 e. The van der Waals surface area contributed by atoms with Crippen molar-refractivity contribution in [3.05, 3.63) is 0 Å². The maximum absolute atomic E-state index is 11.9. The van der Waals surface area contributed by atoms with E-state index in [1.165, 1.54) is 0 Å². The molecule has 0 radical (unpaired) electrons. The van der Waals surface area contributed by atoms with Gasteiger partial charge in [-0.1, -0.05) is 51.4 Å². The third kappa shape index (κ3) is 22.3. The van der Waals surface area contributed by atoms with Gasteiger partial charge in [0.25, 0.3) is 0 Å². The second kappa shape index (κ2) is 22.5. The fourth-order valence-electron chi connectivity index (χ4n) is 1.72.